The molecule has 0 spiro atoms. The number of aldehydes is 1. The largest absolute Gasteiger partial charge is 0.385 e. The van der Waals surface area contributed by atoms with Crippen LogP contribution < -0.4 is 11.3 Å². The van der Waals surface area contributed by atoms with Crippen LogP contribution in [0.3, 0.4) is 0 Å². The number of hydrogen-bond donors (Lipinski definition) is 2. The van der Waals surface area contributed by atoms with E-state index in [1.165, 1.54) is 18.0 Å². The van der Waals surface area contributed by atoms with E-state index in [0.29, 0.717) is 22.8 Å². The molecule has 0 unspecified atom stereocenters. The fourth-order valence-electron chi connectivity index (χ4n) is 0.675. The minimum absolute atomic E-state index is 0.351. The number of nitrogens with one attached hydrogen (secondary N) is 1. The van der Waals surface area contributed by atoms with Crippen molar-refractivity contribution in [2.45, 2.75) is 12.1 Å². The first kappa shape index (κ1) is 14.8. The third-order valence-corrected chi connectivity index (χ3v) is 2.09. The molecule has 0 aliphatic heterocycles. The standard InChI is InChI=1S/C6H8N4OS.C3H8O/c1-12-6-8-2-4(3-11)5(9-6)10-7;1-3-4-2/h2-3H,7H2,1H3,(H,8,9,10);3H2,1-2H3. The van der Waals surface area contributed by atoms with Gasteiger partial charge in [-0.15, -0.1) is 0 Å². The number of nitrogens with two attached hydrogens (primary N) is 1. The van der Waals surface area contributed by atoms with Gasteiger partial charge in [0.2, 0.25) is 0 Å². The number of anilines is 1. The second kappa shape index (κ2) is 9.08. The van der Waals surface area contributed by atoms with Gasteiger partial charge in [-0.25, -0.2) is 15.8 Å². The summed E-state index contributed by atoms with van der Waals surface area (Å²) in [6.07, 6.45) is 3.93. The summed E-state index contributed by atoms with van der Waals surface area (Å²) in [7, 11) is 1.68. The molecule has 0 aliphatic carbocycles. The van der Waals surface area contributed by atoms with Crippen molar-refractivity contribution in [3.8, 4) is 0 Å². The van der Waals surface area contributed by atoms with E-state index in [1.807, 2.05) is 13.2 Å². The van der Waals surface area contributed by atoms with Crippen molar-refractivity contribution in [2.75, 3.05) is 25.4 Å². The fraction of sp³-hybridized carbons (Fsp3) is 0.444. The lowest BCUT2D eigenvalue weighted by Gasteiger charge is -2.02. The lowest BCUT2D eigenvalue weighted by atomic mass is 10.3. The van der Waals surface area contributed by atoms with Crippen LogP contribution in [0.4, 0.5) is 5.82 Å². The summed E-state index contributed by atoms with van der Waals surface area (Å²) in [5.41, 5.74) is 2.68. The molecule has 0 saturated carbocycles. The van der Waals surface area contributed by atoms with Gasteiger partial charge in [-0.05, 0) is 13.2 Å². The maximum Gasteiger partial charge on any atom is 0.189 e. The summed E-state index contributed by atoms with van der Waals surface area (Å²) in [6.45, 7) is 2.78. The minimum Gasteiger partial charge on any atom is -0.385 e. The number of nitrogen functional groups attached to an aromatic ring is 1. The molecule has 0 atom stereocenters. The average molecular weight is 244 g/mol. The van der Waals surface area contributed by atoms with Crippen LogP contribution in [-0.4, -0.2) is 36.2 Å². The van der Waals surface area contributed by atoms with Gasteiger partial charge >= 0.3 is 0 Å². The van der Waals surface area contributed by atoms with Gasteiger partial charge in [0.15, 0.2) is 17.3 Å². The van der Waals surface area contributed by atoms with E-state index in [1.54, 1.807) is 7.11 Å². The van der Waals surface area contributed by atoms with Crippen LogP contribution in [0.25, 0.3) is 0 Å². The Hall–Kier alpha value is -1.18. The molecule has 0 bridgehead atoms. The van der Waals surface area contributed by atoms with Gasteiger partial charge in [0, 0.05) is 19.9 Å². The Morgan fingerprint density at radius 2 is 2.31 bits per heavy atom. The number of nitrogens with zero attached hydrogens (tertiary/aromatic N) is 2. The quantitative estimate of drug-likeness (QED) is 0.268. The first-order valence-corrected chi connectivity index (χ1v) is 5.77. The lowest BCUT2D eigenvalue weighted by molar-refractivity contribution is 0.112. The topological polar surface area (TPSA) is 90.1 Å². The Morgan fingerprint density at radius 1 is 1.69 bits per heavy atom. The zero-order chi connectivity index (χ0) is 12.4. The monoisotopic (exact) mass is 244 g/mol. The Morgan fingerprint density at radius 3 is 2.69 bits per heavy atom. The Labute approximate surface area is 99.0 Å². The molecule has 0 fully saturated rings. The van der Waals surface area contributed by atoms with Crippen molar-refractivity contribution in [1.82, 2.24) is 9.97 Å². The Kier molecular flexibility index (Phi) is 8.41. The van der Waals surface area contributed by atoms with E-state index in [-0.39, 0.29) is 0 Å². The highest BCUT2D eigenvalue weighted by molar-refractivity contribution is 7.98. The van der Waals surface area contributed by atoms with E-state index in [0.717, 1.165) is 6.61 Å². The number of aromatic nitrogens is 2. The van der Waals surface area contributed by atoms with Crippen molar-refractivity contribution in [1.29, 1.82) is 0 Å². The molecule has 0 aromatic carbocycles. The first-order valence-electron chi connectivity index (χ1n) is 4.55. The third-order valence-electron chi connectivity index (χ3n) is 1.53. The average Bonchev–Trinajstić information content (AvgIpc) is 2.38. The number of carbonyl (C=O) groups excluding carboxylic acids is 1. The third kappa shape index (κ3) is 5.06. The Bertz CT molecular complexity index is 320. The van der Waals surface area contributed by atoms with Gasteiger partial charge in [-0.2, -0.15) is 0 Å². The maximum absolute atomic E-state index is 10.4. The highest BCUT2D eigenvalue weighted by Crippen LogP contribution is 2.13. The second-order valence-electron chi connectivity index (χ2n) is 2.50. The van der Waals surface area contributed by atoms with Crippen LogP contribution in [0.1, 0.15) is 17.3 Å². The molecular weight excluding hydrogens is 228 g/mol. The molecule has 90 valence electrons. The smallest absolute Gasteiger partial charge is 0.189 e. The minimum atomic E-state index is 0.351. The highest BCUT2D eigenvalue weighted by atomic mass is 32.2. The molecule has 1 aromatic heterocycles. The first-order chi connectivity index (χ1) is 7.73. The van der Waals surface area contributed by atoms with Gasteiger partial charge in [-0.3, -0.25) is 4.79 Å². The van der Waals surface area contributed by atoms with Gasteiger partial charge in [0.25, 0.3) is 0 Å². The van der Waals surface area contributed by atoms with Crippen LogP contribution >= 0.6 is 11.8 Å². The van der Waals surface area contributed by atoms with Crippen LogP contribution in [0.2, 0.25) is 0 Å². The lowest BCUT2D eigenvalue weighted by Crippen LogP contribution is -2.11. The molecule has 0 saturated heterocycles. The van der Waals surface area contributed by atoms with Crippen molar-refractivity contribution >= 4 is 23.9 Å². The number of thioether (sulfide) groups is 1. The number of methoxy groups -OCH3 is 1. The molecule has 0 aliphatic rings. The van der Waals surface area contributed by atoms with Gasteiger partial charge in [0.05, 0.1) is 5.56 Å². The number of hydrazine groups is 1. The zero-order valence-electron chi connectivity index (χ0n) is 9.56. The molecule has 16 heavy (non-hydrogen) atoms. The molecule has 1 aromatic rings. The van der Waals surface area contributed by atoms with Crippen LogP contribution in [0.15, 0.2) is 11.4 Å². The summed E-state index contributed by atoms with van der Waals surface area (Å²) in [5, 5.41) is 0.577. The van der Waals surface area contributed by atoms with E-state index < -0.39 is 0 Å². The van der Waals surface area contributed by atoms with E-state index in [9.17, 15) is 4.79 Å². The van der Waals surface area contributed by atoms with Crippen molar-refractivity contribution < 1.29 is 9.53 Å². The molecule has 7 heteroatoms. The summed E-state index contributed by atoms with van der Waals surface area (Å²) < 4.78 is 4.54. The number of rotatable bonds is 4. The number of ether oxygens (including phenoxy) is 1. The predicted molar refractivity (Wildman–Crippen MR) is 64.6 cm³/mol. The normalized spacial score (nSPS) is 9.00. The molecular formula is C9H16N4O2S. The number of hydrogen-bond acceptors (Lipinski definition) is 7. The van der Waals surface area contributed by atoms with E-state index >= 15 is 0 Å². The molecule has 3 N–H and O–H groups in total. The summed E-state index contributed by atoms with van der Waals surface area (Å²) in [4.78, 5) is 18.3. The van der Waals surface area contributed by atoms with Crippen molar-refractivity contribution in [2.24, 2.45) is 5.84 Å². The SMILES string of the molecule is CCOC.CSc1ncc(C=O)c(NN)n1. The van der Waals surface area contributed by atoms with Crippen LogP contribution in [0.5, 0.6) is 0 Å². The van der Waals surface area contributed by atoms with Crippen LogP contribution in [0, 0.1) is 0 Å². The van der Waals surface area contributed by atoms with Gasteiger partial charge < -0.3 is 10.2 Å². The molecule has 1 rings (SSSR count). The van der Waals surface area contributed by atoms with Crippen LogP contribution in [-0.2, 0) is 4.74 Å². The summed E-state index contributed by atoms with van der Waals surface area (Å²) in [5.74, 6) is 5.49. The van der Waals surface area contributed by atoms with Crippen molar-refractivity contribution in [3.63, 3.8) is 0 Å². The van der Waals surface area contributed by atoms with Gasteiger partial charge in [0.1, 0.15) is 0 Å². The maximum atomic E-state index is 10.4. The fourth-order valence-corrected chi connectivity index (χ4v) is 1.02. The van der Waals surface area contributed by atoms with Crippen molar-refractivity contribution in [3.05, 3.63) is 11.8 Å². The van der Waals surface area contributed by atoms with E-state index in [2.05, 4.69) is 20.1 Å². The number of carbonyl (C=O) groups is 1. The molecule has 6 nitrogen and oxygen atoms in total. The predicted octanol–water partition coefficient (Wildman–Crippen LogP) is 0.949. The van der Waals surface area contributed by atoms with Gasteiger partial charge in [-0.1, -0.05) is 11.8 Å². The highest BCUT2D eigenvalue weighted by Gasteiger charge is 2.03. The molecule has 1 heterocycles. The second-order valence-corrected chi connectivity index (χ2v) is 3.27. The molecule has 0 amide bonds. The zero-order valence-corrected chi connectivity index (χ0v) is 10.4. The summed E-state index contributed by atoms with van der Waals surface area (Å²) >= 11 is 1.38. The Balaban J connectivity index is 0.000000487. The van der Waals surface area contributed by atoms with E-state index in [4.69, 9.17) is 5.84 Å². The summed E-state index contributed by atoms with van der Waals surface area (Å²) in [6, 6.07) is 0. The molecule has 0 radical (unpaired) electrons.